The Kier molecular flexibility index (Phi) is 5.63. The summed E-state index contributed by atoms with van der Waals surface area (Å²) in [6.45, 7) is 6.62. The summed E-state index contributed by atoms with van der Waals surface area (Å²) in [5.74, 6) is -1.65. The van der Waals surface area contributed by atoms with E-state index in [1.807, 2.05) is 0 Å². The average Bonchev–Trinajstić information content (AvgIpc) is 2.56. The summed E-state index contributed by atoms with van der Waals surface area (Å²) in [5.41, 5.74) is -0.972. The maximum atomic E-state index is 12.5. The number of amides is 3. The fraction of sp³-hybridized carbons (Fsp3) is 0.389. The van der Waals surface area contributed by atoms with Crippen molar-refractivity contribution in [1.82, 2.24) is 20.4 Å². The van der Waals surface area contributed by atoms with Crippen LogP contribution in [0.2, 0.25) is 0 Å². The third-order valence-corrected chi connectivity index (χ3v) is 3.53. The van der Waals surface area contributed by atoms with Gasteiger partial charge in [-0.3, -0.25) is 14.9 Å². The van der Waals surface area contributed by atoms with Crippen molar-refractivity contribution in [1.29, 1.82) is 0 Å². The number of rotatable bonds is 3. The largest absolute Gasteiger partial charge is 0.448 e. The molecule has 1 aromatic carbocycles. The van der Waals surface area contributed by atoms with E-state index in [4.69, 9.17) is 4.74 Å². The number of carbonyl (C=O) groups is 3. The van der Waals surface area contributed by atoms with Crippen LogP contribution in [0.4, 0.5) is 4.79 Å². The van der Waals surface area contributed by atoms with Crippen LogP contribution in [0.3, 0.4) is 0 Å². The second kappa shape index (κ2) is 7.56. The molecule has 2 aromatic rings. The van der Waals surface area contributed by atoms with E-state index in [9.17, 15) is 19.2 Å². The molecule has 1 aromatic heterocycles. The summed E-state index contributed by atoms with van der Waals surface area (Å²) in [5, 5.41) is 9.25. The number of aromatic nitrogens is 2. The number of fused-ring (bicyclic) bond motifs is 1. The van der Waals surface area contributed by atoms with Crippen LogP contribution in [0, 0.1) is 0 Å². The van der Waals surface area contributed by atoms with Crippen LogP contribution in [0.1, 0.15) is 38.2 Å². The molecule has 0 aliphatic rings. The number of nitrogens with zero attached hydrogens (tertiary/aromatic N) is 2. The first-order valence-corrected chi connectivity index (χ1v) is 8.29. The monoisotopic (exact) mass is 374 g/mol. The number of hydrogen-bond acceptors (Lipinski definition) is 6. The summed E-state index contributed by atoms with van der Waals surface area (Å²) in [7, 11) is 1.42. The minimum absolute atomic E-state index is 0.0912. The number of ether oxygens (including phenoxy) is 1. The number of hydrogen-bond donors (Lipinski definition) is 2. The van der Waals surface area contributed by atoms with Crippen LogP contribution in [0.25, 0.3) is 10.8 Å². The first-order valence-electron chi connectivity index (χ1n) is 8.29. The molecule has 0 spiro atoms. The SMILES string of the molecule is CC(OC(=O)c1nn(C)c(=O)c2ccccc12)C(=O)NC(=O)NC(C)(C)C. The standard InChI is InChI=1S/C18H22N4O5/c1-10(14(23)19-17(26)20-18(2,3)4)27-16(25)13-11-8-6-7-9-12(11)15(24)22(5)21-13/h6-10H,1-5H3,(H2,19,20,23,26). The van der Waals surface area contributed by atoms with Crippen molar-refractivity contribution in [3.05, 3.63) is 40.3 Å². The Morgan fingerprint density at radius 3 is 2.33 bits per heavy atom. The molecule has 0 bridgehead atoms. The van der Waals surface area contributed by atoms with Gasteiger partial charge in [0.05, 0.1) is 5.39 Å². The highest BCUT2D eigenvalue weighted by Crippen LogP contribution is 2.14. The third-order valence-electron chi connectivity index (χ3n) is 3.53. The molecule has 9 heteroatoms. The van der Waals surface area contributed by atoms with Crippen LogP contribution in [-0.2, 0) is 16.6 Å². The van der Waals surface area contributed by atoms with E-state index < -0.39 is 29.6 Å². The Morgan fingerprint density at radius 1 is 1.15 bits per heavy atom. The number of esters is 1. The van der Waals surface area contributed by atoms with Crippen molar-refractivity contribution in [2.24, 2.45) is 7.05 Å². The average molecular weight is 374 g/mol. The fourth-order valence-electron chi connectivity index (χ4n) is 2.31. The molecule has 1 unspecified atom stereocenters. The van der Waals surface area contributed by atoms with Crippen LogP contribution in [0.5, 0.6) is 0 Å². The van der Waals surface area contributed by atoms with Crippen LogP contribution < -0.4 is 16.2 Å². The van der Waals surface area contributed by atoms with Gasteiger partial charge in [0.1, 0.15) is 0 Å². The van der Waals surface area contributed by atoms with Gasteiger partial charge in [0.2, 0.25) is 0 Å². The number of urea groups is 1. The van der Waals surface area contributed by atoms with Crippen molar-refractivity contribution in [2.75, 3.05) is 0 Å². The minimum Gasteiger partial charge on any atom is -0.448 e. The lowest BCUT2D eigenvalue weighted by Gasteiger charge is -2.21. The van der Waals surface area contributed by atoms with Crippen molar-refractivity contribution in [3.63, 3.8) is 0 Å². The molecular formula is C18H22N4O5. The quantitative estimate of drug-likeness (QED) is 0.777. The molecule has 3 amide bonds. The molecule has 2 N–H and O–H groups in total. The number of imide groups is 1. The molecule has 0 radical (unpaired) electrons. The minimum atomic E-state index is -1.24. The summed E-state index contributed by atoms with van der Waals surface area (Å²) < 4.78 is 6.15. The maximum absolute atomic E-state index is 12.5. The lowest BCUT2D eigenvalue weighted by atomic mass is 10.1. The molecule has 0 saturated heterocycles. The first-order chi connectivity index (χ1) is 12.5. The van der Waals surface area contributed by atoms with Gasteiger partial charge in [-0.1, -0.05) is 18.2 Å². The molecule has 2 rings (SSSR count). The Balaban J connectivity index is 2.17. The normalized spacial score (nSPS) is 12.3. The van der Waals surface area contributed by atoms with E-state index >= 15 is 0 Å². The Hall–Kier alpha value is -3.23. The van der Waals surface area contributed by atoms with E-state index in [0.717, 1.165) is 4.68 Å². The van der Waals surface area contributed by atoms with Gasteiger partial charge in [-0.25, -0.2) is 14.3 Å². The number of aryl methyl sites for hydroxylation is 1. The maximum Gasteiger partial charge on any atom is 0.360 e. The molecule has 0 fully saturated rings. The molecular weight excluding hydrogens is 352 g/mol. The summed E-state index contributed by atoms with van der Waals surface area (Å²) in [4.78, 5) is 48.4. The van der Waals surface area contributed by atoms with Crippen LogP contribution >= 0.6 is 0 Å². The van der Waals surface area contributed by atoms with E-state index in [0.29, 0.717) is 10.8 Å². The second-order valence-corrected chi connectivity index (χ2v) is 7.06. The summed E-state index contributed by atoms with van der Waals surface area (Å²) in [6, 6.07) is 5.78. The van der Waals surface area contributed by atoms with Gasteiger partial charge in [-0.05, 0) is 33.8 Å². The molecule has 9 nitrogen and oxygen atoms in total. The highest BCUT2D eigenvalue weighted by atomic mass is 16.5. The zero-order chi connectivity index (χ0) is 20.4. The van der Waals surface area contributed by atoms with E-state index in [2.05, 4.69) is 15.7 Å². The highest BCUT2D eigenvalue weighted by molar-refractivity contribution is 6.03. The van der Waals surface area contributed by atoms with Crippen molar-refractivity contribution in [2.45, 2.75) is 39.3 Å². The van der Waals surface area contributed by atoms with Gasteiger partial charge in [-0.15, -0.1) is 0 Å². The molecule has 144 valence electrons. The summed E-state index contributed by atoms with van der Waals surface area (Å²) in [6.07, 6.45) is -1.24. The molecule has 1 atom stereocenters. The van der Waals surface area contributed by atoms with Crippen LogP contribution in [-0.4, -0.2) is 39.3 Å². The number of nitrogens with one attached hydrogen (secondary N) is 2. The highest BCUT2D eigenvalue weighted by Gasteiger charge is 2.25. The topological polar surface area (TPSA) is 119 Å². The van der Waals surface area contributed by atoms with Gasteiger partial charge in [0.25, 0.3) is 11.5 Å². The van der Waals surface area contributed by atoms with Crippen molar-refractivity contribution in [3.8, 4) is 0 Å². The van der Waals surface area contributed by atoms with Gasteiger partial charge in [-0.2, -0.15) is 5.10 Å². The predicted octanol–water partition coefficient (Wildman–Crippen LogP) is 1.10. The zero-order valence-corrected chi connectivity index (χ0v) is 15.8. The molecule has 0 saturated carbocycles. The summed E-state index contributed by atoms with van der Waals surface area (Å²) >= 11 is 0. The lowest BCUT2D eigenvalue weighted by Crippen LogP contribution is -2.50. The van der Waals surface area contributed by atoms with Crippen LogP contribution in [0.15, 0.2) is 29.1 Å². The number of carbonyl (C=O) groups excluding carboxylic acids is 3. The fourth-order valence-corrected chi connectivity index (χ4v) is 2.31. The predicted molar refractivity (Wildman–Crippen MR) is 98.3 cm³/mol. The van der Waals surface area contributed by atoms with Crippen molar-refractivity contribution < 1.29 is 19.1 Å². The van der Waals surface area contributed by atoms with Gasteiger partial charge < -0.3 is 10.1 Å². The Morgan fingerprint density at radius 2 is 1.74 bits per heavy atom. The third kappa shape index (κ3) is 4.90. The Bertz CT molecular complexity index is 958. The van der Waals surface area contributed by atoms with Gasteiger partial charge in [0.15, 0.2) is 11.8 Å². The van der Waals surface area contributed by atoms with E-state index in [1.54, 1.807) is 45.0 Å². The molecule has 0 aliphatic carbocycles. The first kappa shape index (κ1) is 20.1. The van der Waals surface area contributed by atoms with Crippen molar-refractivity contribution >= 4 is 28.7 Å². The van der Waals surface area contributed by atoms with E-state index in [-0.39, 0.29) is 11.3 Å². The van der Waals surface area contributed by atoms with E-state index in [1.165, 1.54) is 14.0 Å². The van der Waals surface area contributed by atoms with Gasteiger partial charge >= 0.3 is 12.0 Å². The molecule has 27 heavy (non-hydrogen) atoms. The smallest absolute Gasteiger partial charge is 0.360 e. The second-order valence-electron chi connectivity index (χ2n) is 7.06. The zero-order valence-electron chi connectivity index (χ0n) is 15.8. The molecule has 0 aliphatic heterocycles. The Labute approximate surface area is 155 Å². The lowest BCUT2D eigenvalue weighted by molar-refractivity contribution is -0.127. The molecule has 1 heterocycles. The number of benzene rings is 1. The van der Waals surface area contributed by atoms with Gasteiger partial charge in [0, 0.05) is 18.0 Å².